The predicted molar refractivity (Wildman–Crippen MR) is 71.5 cm³/mol. The van der Waals surface area contributed by atoms with Gasteiger partial charge in [-0.3, -0.25) is 0 Å². The van der Waals surface area contributed by atoms with E-state index in [1.165, 1.54) is 0 Å². The van der Waals surface area contributed by atoms with Crippen molar-refractivity contribution < 1.29 is 45.9 Å². The third kappa shape index (κ3) is 3.26. The molecule has 0 amide bonds. The fourth-order valence-electron chi connectivity index (χ4n) is 1.84. The Labute approximate surface area is 149 Å². The average Bonchev–Trinajstić information content (AvgIpc) is 2.38. The van der Waals surface area contributed by atoms with Gasteiger partial charge in [-0.15, -0.1) is 15.9 Å². The van der Waals surface area contributed by atoms with E-state index in [0.29, 0.717) is 17.9 Å². The van der Waals surface area contributed by atoms with Gasteiger partial charge in [0.2, 0.25) is 0 Å². The summed E-state index contributed by atoms with van der Waals surface area (Å²) in [5.74, 6) is -3.92. The van der Waals surface area contributed by atoms with Crippen LogP contribution in [0.5, 0.6) is 0 Å². The summed E-state index contributed by atoms with van der Waals surface area (Å²) in [5, 5.41) is 0. The molecule has 0 saturated heterocycles. The fourth-order valence-corrected chi connectivity index (χ4v) is 2.17. The molecular weight excluding hydrogens is 408 g/mol. The maximum absolute atomic E-state index is 13.3. The van der Waals surface area contributed by atoms with Crippen LogP contribution in [0.4, 0.5) is 13.2 Å². The van der Waals surface area contributed by atoms with Crippen LogP contribution in [0.1, 0.15) is 12.5 Å². The van der Waals surface area contributed by atoms with Crippen LogP contribution in [0.15, 0.2) is 35.0 Å². The second kappa shape index (κ2) is 7.05. The van der Waals surface area contributed by atoms with E-state index in [0.717, 1.165) is 16.6 Å². The van der Waals surface area contributed by atoms with Crippen molar-refractivity contribution >= 4 is 21.6 Å². The van der Waals surface area contributed by atoms with E-state index in [9.17, 15) is 13.2 Å². The molecule has 0 aromatic heterocycles. The van der Waals surface area contributed by atoms with Crippen LogP contribution in [0.2, 0.25) is 0 Å². The van der Waals surface area contributed by atoms with E-state index in [4.69, 9.17) is 0 Å². The summed E-state index contributed by atoms with van der Waals surface area (Å²) >= 11 is 3.31. The monoisotopic (exact) mass is 417 g/mol. The van der Waals surface area contributed by atoms with Crippen molar-refractivity contribution in [2.45, 2.75) is 6.92 Å². The zero-order valence-electron chi connectivity index (χ0n) is 10.7. The van der Waals surface area contributed by atoms with Crippen molar-refractivity contribution in [1.82, 2.24) is 4.90 Å². The van der Waals surface area contributed by atoms with E-state index in [-0.39, 0.29) is 38.3 Å². The molecular formula is C14H10BrF3NY-. The number of nitrogens with zero attached hydrogens (tertiary/aromatic N) is 1. The summed E-state index contributed by atoms with van der Waals surface area (Å²) < 4.78 is 40.3. The van der Waals surface area contributed by atoms with Gasteiger partial charge >= 0.3 is 0 Å². The molecule has 2 rings (SSSR count). The molecule has 0 bridgehead atoms. The number of benzene rings is 1. The number of likely N-dealkylation sites (N-methyl/N-ethyl adjacent to an activating group) is 1. The third-order valence-corrected chi connectivity index (χ3v) is 3.47. The smallest absolute Gasteiger partial charge is 0.192 e. The molecule has 0 atom stereocenters. The van der Waals surface area contributed by atoms with E-state index in [1.807, 2.05) is 6.92 Å². The van der Waals surface area contributed by atoms with E-state index in [1.54, 1.807) is 11.0 Å². The number of hydrogen-bond acceptors (Lipinski definition) is 1. The third-order valence-electron chi connectivity index (χ3n) is 2.78. The maximum Gasteiger partial charge on any atom is 0.192 e. The van der Waals surface area contributed by atoms with Crippen LogP contribution in [-0.4, -0.2) is 11.4 Å². The molecule has 1 nitrogen and oxygen atoms in total. The molecule has 20 heavy (non-hydrogen) atoms. The van der Waals surface area contributed by atoms with E-state index in [2.05, 4.69) is 28.6 Å². The summed E-state index contributed by atoms with van der Waals surface area (Å²) in [7, 11) is 0. The molecule has 1 aromatic rings. The van der Waals surface area contributed by atoms with Gasteiger partial charge in [0.1, 0.15) is 0 Å². The number of halogens is 4. The molecule has 103 valence electrons. The van der Waals surface area contributed by atoms with Gasteiger partial charge in [0, 0.05) is 39.3 Å². The standard InChI is InChI=1S/C14H10BrF3N.Y/c1-3-19-8(2)10(15)4-5-13(19)9-6-11(16)14(18)12(17)7-9;/h4,6-7H,2-3H2,1H3;/q-1;. The molecule has 1 radical (unpaired) electrons. The molecule has 1 aromatic carbocycles. The van der Waals surface area contributed by atoms with Crippen LogP contribution >= 0.6 is 15.9 Å². The number of hydrogen-bond donors (Lipinski definition) is 0. The van der Waals surface area contributed by atoms with Gasteiger partial charge in [-0.1, -0.05) is 34.5 Å². The van der Waals surface area contributed by atoms with Crippen molar-refractivity contribution in [2.75, 3.05) is 6.54 Å². The average molecular weight is 418 g/mol. The minimum atomic E-state index is -1.47. The normalized spacial score (nSPS) is 14.7. The molecule has 0 fully saturated rings. The topological polar surface area (TPSA) is 3.24 Å². The van der Waals surface area contributed by atoms with Gasteiger partial charge in [0.05, 0.1) is 0 Å². The summed E-state index contributed by atoms with van der Waals surface area (Å²) in [6, 6.07) is 1.90. The second-order valence-electron chi connectivity index (χ2n) is 3.93. The SMILES string of the molecule is C=C1C(Br)=C[C-]=C(c2cc(F)c(F)c(F)c2)N1CC.[Y]. The Morgan fingerprint density at radius 1 is 1.25 bits per heavy atom. The minimum absolute atomic E-state index is 0. The largest absolute Gasteiger partial charge is 0.375 e. The quantitative estimate of drug-likeness (QED) is 0.510. The van der Waals surface area contributed by atoms with Gasteiger partial charge in [0.25, 0.3) is 0 Å². The summed E-state index contributed by atoms with van der Waals surface area (Å²) in [6.07, 6.45) is 4.52. The van der Waals surface area contributed by atoms with E-state index < -0.39 is 17.5 Å². The number of rotatable bonds is 2. The fraction of sp³-hybridized carbons (Fsp3) is 0.143. The first-order valence-electron chi connectivity index (χ1n) is 5.56. The van der Waals surface area contributed by atoms with Crippen LogP contribution in [0.25, 0.3) is 5.70 Å². The maximum atomic E-state index is 13.3. The van der Waals surface area contributed by atoms with Crippen molar-refractivity contribution in [2.24, 2.45) is 0 Å². The Hall–Kier alpha value is -0.386. The van der Waals surface area contributed by atoms with Gasteiger partial charge in [-0.2, -0.15) is 12.2 Å². The van der Waals surface area contributed by atoms with Gasteiger partial charge in [-0.05, 0) is 12.6 Å². The molecule has 0 unspecified atom stereocenters. The van der Waals surface area contributed by atoms with Crippen LogP contribution in [0, 0.1) is 23.5 Å². The molecule has 6 heteroatoms. The zero-order valence-corrected chi connectivity index (χ0v) is 15.1. The first-order valence-corrected chi connectivity index (χ1v) is 6.36. The van der Waals surface area contributed by atoms with Crippen molar-refractivity contribution in [3.05, 3.63) is 64.1 Å². The molecule has 1 heterocycles. The Morgan fingerprint density at radius 3 is 2.30 bits per heavy atom. The van der Waals surface area contributed by atoms with E-state index >= 15 is 0 Å². The molecule has 0 aliphatic carbocycles. The molecule has 0 spiro atoms. The Balaban J connectivity index is 0.00000200. The molecule has 0 N–H and O–H groups in total. The molecule has 0 saturated carbocycles. The number of allylic oxidation sites excluding steroid dienone is 3. The Bertz CT molecular complexity index is 587. The minimum Gasteiger partial charge on any atom is -0.375 e. The Morgan fingerprint density at radius 2 is 1.80 bits per heavy atom. The second-order valence-corrected chi connectivity index (χ2v) is 4.78. The van der Waals surface area contributed by atoms with Crippen LogP contribution in [0.3, 0.4) is 0 Å². The van der Waals surface area contributed by atoms with Crippen molar-refractivity contribution in [1.29, 1.82) is 0 Å². The Kier molecular flexibility index (Phi) is 6.23. The van der Waals surface area contributed by atoms with Crippen molar-refractivity contribution in [3.63, 3.8) is 0 Å². The predicted octanol–water partition coefficient (Wildman–Crippen LogP) is 4.37. The van der Waals surface area contributed by atoms with Crippen LogP contribution < -0.4 is 0 Å². The van der Waals surface area contributed by atoms with Crippen LogP contribution in [-0.2, 0) is 32.7 Å². The first-order chi connectivity index (χ1) is 8.95. The first kappa shape index (κ1) is 17.7. The summed E-state index contributed by atoms with van der Waals surface area (Å²) in [4.78, 5) is 1.73. The van der Waals surface area contributed by atoms with Gasteiger partial charge in [0.15, 0.2) is 17.5 Å². The van der Waals surface area contributed by atoms with Gasteiger partial charge in [-0.25, -0.2) is 13.2 Å². The summed E-state index contributed by atoms with van der Waals surface area (Å²) in [5.41, 5.74) is 1.32. The molecule has 1 aliphatic rings. The molecule has 1 aliphatic heterocycles. The van der Waals surface area contributed by atoms with Gasteiger partial charge < -0.3 is 4.90 Å². The van der Waals surface area contributed by atoms with Crippen molar-refractivity contribution in [3.8, 4) is 0 Å². The zero-order chi connectivity index (χ0) is 14.2. The summed E-state index contributed by atoms with van der Waals surface area (Å²) in [6.45, 7) is 6.29.